The van der Waals surface area contributed by atoms with E-state index in [1.165, 1.54) is 6.07 Å². The minimum atomic E-state index is -0.385. The molecule has 1 aromatic rings. The van der Waals surface area contributed by atoms with Gasteiger partial charge >= 0.3 is 0 Å². The van der Waals surface area contributed by atoms with Gasteiger partial charge < -0.3 is 15.0 Å². The van der Waals surface area contributed by atoms with Crippen LogP contribution in [0, 0.1) is 10.1 Å². The molecule has 0 amide bonds. The quantitative estimate of drug-likeness (QED) is 0.510. The molecule has 2 atom stereocenters. The van der Waals surface area contributed by atoms with E-state index >= 15 is 0 Å². The van der Waals surface area contributed by atoms with E-state index < -0.39 is 0 Å². The molecule has 0 bridgehead atoms. The Balaban J connectivity index is 1.95. The highest BCUT2D eigenvalue weighted by atomic mass is 32.1. The normalized spacial score (nSPS) is 18.7. The molecule has 1 aromatic carbocycles. The van der Waals surface area contributed by atoms with Gasteiger partial charge in [0.05, 0.1) is 17.1 Å². The van der Waals surface area contributed by atoms with E-state index in [0.29, 0.717) is 11.7 Å². The van der Waals surface area contributed by atoms with Crippen LogP contribution in [-0.4, -0.2) is 41.2 Å². The van der Waals surface area contributed by atoms with Crippen LogP contribution in [0.5, 0.6) is 0 Å². The second-order valence-electron chi connectivity index (χ2n) is 5.46. The summed E-state index contributed by atoms with van der Waals surface area (Å²) < 4.78 is 5.55. The molecule has 6 nitrogen and oxygen atoms in total. The predicted molar refractivity (Wildman–Crippen MR) is 88.8 cm³/mol. The van der Waals surface area contributed by atoms with Crippen LogP contribution in [-0.2, 0) is 4.74 Å². The first-order valence-electron chi connectivity index (χ1n) is 7.35. The van der Waals surface area contributed by atoms with E-state index in [1.54, 1.807) is 12.1 Å². The topological polar surface area (TPSA) is 67.6 Å². The molecule has 0 unspecified atom stereocenters. The molecule has 1 fully saturated rings. The molecule has 1 heterocycles. The molecule has 0 aromatic heterocycles. The van der Waals surface area contributed by atoms with Gasteiger partial charge in [-0.15, -0.1) is 0 Å². The van der Waals surface area contributed by atoms with E-state index in [-0.39, 0.29) is 22.8 Å². The average molecular weight is 323 g/mol. The number of hydrogen-bond acceptors (Lipinski definition) is 4. The number of ether oxygens (including phenoxy) is 1. The lowest BCUT2D eigenvalue weighted by molar-refractivity contribution is -0.384. The number of rotatable bonds is 5. The van der Waals surface area contributed by atoms with Crippen molar-refractivity contribution in [3.63, 3.8) is 0 Å². The van der Waals surface area contributed by atoms with Crippen LogP contribution < -0.4 is 5.32 Å². The van der Waals surface area contributed by atoms with E-state index in [4.69, 9.17) is 17.0 Å². The summed E-state index contributed by atoms with van der Waals surface area (Å²) in [5, 5.41) is 14.7. The SMILES string of the molecule is C[C@H](c1cccc([N+](=O)[O-])c1)N(C)C(=S)NC[C@@H]1CCCO1. The smallest absolute Gasteiger partial charge is 0.269 e. The van der Waals surface area contributed by atoms with Crippen LogP contribution in [0.3, 0.4) is 0 Å². The van der Waals surface area contributed by atoms with Crippen LogP contribution >= 0.6 is 12.2 Å². The highest BCUT2D eigenvalue weighted by Gasteiger charge is 2.19. The molecule has 7 heteroatoms. The molecular formula is C15H21N3O3S. The van der Waals surface area contributed by atoms with Gasteiger partial charge in [-0.2, -0.15) is 0 Å². The Morgan fingerprint density at radius 1 is 1.64 bits per heavy atom. The molecule has 0 spiro atoms. The number of hydrogen-bond donors (Lipinski definition) is 1. The summed E-state index contributed by atoms with van der Waals surface area (Å²) in [4.78, 5) is 12.4. The zero-order valence-electron chi connectivity index (χ0n) is 12.8. The zero-order valence-corrected chi connectivity index (χ0v) is 13.6. The predicted octanol–water partition coefficient (Wildman–Crippen LogP) is 2.64. The third kappa shape index (κ3) is 4.14. The van der Waals surface area contributed by atoms with Crippen molar-refractivity contribution in [3.8, 4) is 0 Å². The van der Waals surface area contributed by atoms with Gasteiger partial charge in [0, 0.05) is 32.3 Å². The average Bonchev–Trinajstić information content (AvgIpc) is 3.04. The number of nitro benzene ring substituents is 1. The van der Waals surface area contributed by atoms with Crippen LogP contribution in [0.1, 0.15) is 31.4 Å². The van der Waals surface area contributed by atoms with Crippen molar-refractivity contribution >= 4 is 23.0 Å². The van der Waals surface area contributed by atoms with E-state index in [1.807, 2.05) is 24.9 Å². The molecule has 1 aliphatic rings. The Bertz CT molecular complexity index is 547. The summed E-state index contributed by atoms with van der Waals surface area (Å²) in [7, 11) is 1.88. The molecule has 1 saturated heterocycles. The summed E-state index contributed by atoms with van der Waals surface area (Å²) >= 11 is 5.40. The lowest BCUT2D eigenvalue weighted by Crippen LogP contribution is -2.41. The summed E-state index contributed by atoms with van der Waals surface area (Å²) in [5.41, 5.74) is 0.953. The van der Waals surface area contributed by atoms with Gasteiger partial charge in [-0.3, -0.25) is 10.1 Å². The second-order valence-corrected chi connectivity index (χ2v) is 5.85. The largest absolute Gasteiger partial charge is 0.376 e. The van der Waals surface area contributed by atoms with Crippen molar-refractivity contribution in [1.29, 1.82) is 0 Å². The van der Waals surface area contributed by atoms with Gasteiger partial charge in [0.1, 0.15) is 0 Å². The molecule has 120 valence electrons. The first-order valence-corrected chi connectivity index (χ1v) is 7.76. The fourth-order valence-corrected chi connectivity index (χ4v) is 2.67. The van der Waals surface area contributed by atoms with Crippen LogP contribution in [0.25, 0.3) is 0 Å². The number of nitro groups is 1. The van der Waals surface area contributed by atoms with E-state index in [9.17, 15) is 10.1 Å². The van der Waals surface area contributed by atoms with Gasteiger partial charge in [0.25, 0.3) is 5.69 Å². The van der Waals surface area contributed by atoms with Crippen molar-refractivity contribution in [1.82, 2.24) is 10.2 Å². The summed E-state index contributed by atoms with van der Waals surface area (Å²) in [6.07, 6.45) is 2.37. The number of benzene rings is 1. The van der Waals surface area contributed by atoms with Gasteiger partial charge in [-0.25, -0.2) is 0 Å². The third-order valence-electron chi connectivity index (χ3n) is 3.97. The summed E-state index contributed by atoms with van der Waals surface area (Å²) in [5.74, 6) is 0. The number of non-ortho nitro benzene ring substituents is 1. The Labute approximate surface area is 135 Å². The van der Waals surface area contributed by atoms with Crippen LogP contribution in [0.2, 0.25) is 0 Å². The standard InChI is InChI=1S/C15H21N3O3S/c1-11(12-5-3-6-13(9-12)18(19)20)17(2)15(22)16-10-14-7-4-8-21-14/h3,5-6,9,11,14H,4,7-8,10H2,1-2H3,(H,16,22)/t11-,14+/m1/s1. The number of nitrogens with one attached hydrogen (secondary N) is 1. The maximum absolute atomic E-state index is 10.9. The molecular weight excluding hydrogens is 302 g/mol. The Hall–Kier alpha value is -1.73. The van der Waals surface area contributed by atoms with Crippen molar-refractivity contribution < 1.29 is 9.66 Å². The minimum Gasteiger partial charge on any atom is -0.376 e. The lowest BCUT2D eigenvalue weighted by Gasteiger charge is -2.28. The lowest BCUT2D eigenvalue weighted by atomic mass is 10.1. The first kappa shape index (κ1) is 16.6. The fraction of sp³-hybridized carbons (Fsp3) is 0.533. The molecule has 0 saturated carbocycles. The minimum absolute atomic E-state index is 0.0515. The maximum atomic E-state index is 10.9. The first-order chi connectivity index (χ1) is 10.5. The van der Waals surface area contributed by atoms with E-state index in [2.05, 4.69) is 5.32 Å². The molecule has 22 heavy (non-hydrogen) atoms. The molecule has 2 rings (SSSR count). The monoisotopic (exact) mass is 323 g/mol. The highest BCUT2D eigenvalue weighted by molar-refractivity contribution is 7.80. The fourth-order valence-electron chi connectivity index (χ4n) is 2.43. The Morgan fingerprint density at radius 3 is 3.05 bits per heavy atom. The summed E-state index contributed by atoms with van der Waals surface area (Å²) in [6, 6.07) is 6.59. The second kappa shape index (κ2) is 7.51. The molecule has 0 aliphatic carbocycles. The Kier molecular flexibility index (Phi) is 5.68. The zero-order chi connectivity index (χ0) is 16.1. The molecule has 1 aliphatic heterocycles. The Morgan fingerprint density at radius 2 is 2.41 bits per heavy atom. The number of nitrogens with zero attached hydrogens (tertiary/aromatic N) is 2. The maximum Gasteiger partial charge on any atom is 0.269 e. The van der Waals surface area contributed by atoms with Crippen LogP contribution in [0.4, 0.5) is 5.69 Å². The van der Waals surface area contributed by atoms with Crippen molar-refractivity contribution in [2.45, 2.75) is 31.9 Å². The van der Waals surface area contributed by atoms with E-state index in [0.717, 1.165) is 25.0 Å². The number of thiocarbonyl (C=S) groups is 1. The van der Waals surface area contributed by atoms with Crippen molar-refractivity contribution in [2.24, 2.45) is 0 Å². The molecule has 1 N–H and O–H groups in total. The van der Waals surface area contributed by atoms with Crippen molar-refractivity contribution in [2.75, 3.05) is 20.2 Å². The molecule has 0 radical (unpaired) electrons. The van der Waals surface area contributed by atoms with Crippen molar-refractivity contribution in [3.05, 3.63) is 39.9 Å². The van der Waals surface area contributed by atoms with Gasteiger partial charge in [0.15, 0.2) is 5.11 Å². The van der Waals surface area contributed by atoms with Gasteiger partial charge in [0.2, 0.25) is 0 Å². The van der Waals surface area contributed by atoms with Gasteiger partial charge in [-0.1, -0.05) is 12.1 Å². The highest BCUT2D eigenvalue weighted by Crippen LogP contribution is 2.23. The van der Waals surface area contributed by atoms with Gasteiger partial charge in [-0.05, 0) is 37.5 Å². The third-order valence-corrected chi connectivity index (χ3v) is 4.40. The van der Waals surface area contributed by atoms with Crippen LogP contribution in [0.15, 0.2) is 24.3 Å². The summed E-state index contributed by atoms with van der Waals surface area (Å²) in [6.45, 7) is 3.49.